The number of amides is 1. The van der Waals surface area contributed by atoms with Crippen LogP contribution in [0.3, 0.4) is 0 Å². The molecule has 0 saturated carbocycles. The monoisotopic (exact) mass is 305 g/mol. The zero-order valence-corrected chi connectivity index (χ0v) is 11.2. The Labute approximate surface area is 119 Å². The molecule has 19 heavy (non-hydrogen) atoms. The van der Waals surface area contributed by atoms with Gasteiger partial charge in [0, 0.05) is 18.0 Å². The van der Waals surface area contributed by atoms with E-state index >= 15 is 0 Å². The molecule has 0 aliphatic carbocycles. The molecule has 1 aromatic rings. The highest BCUT2D eigenvalue weighted by Crippen LogP contribution is 1.94. The lowest BCUT2D eigenvalue weighted by Gasteiger charge is -2.03. The Morgan fingerprint density at radius 2 is 2.11 bits per heavy atom. The van der Waals surface area contributed by atoms with E-state index in [0.717, 1.165) is 11.9 Å². The van der Waals surface area contributed by atoms with Gasteiger partial charge >= 0.3 is 5.97 Å². The summed E-state index contributed by atoms with van der Waals surface area (Å²) >= 11 is 0.908. The SMILES string of the molecule is Cl.O=C(O)CSN/N=C/NNC(=O)c1ccncc1. The van der Waals surface area contributed by atoms with Gasteiger partial charge in [0.1, 0.15) is 12.1 Å². The number of hydrazine groups is 1. The Balaban J connectivity index is 0.00000324. The molecule has 104 valence electrons. The number of carbonyl (C=O) groups excluding carboxylic acids is 1. The van der Waals surface area contributed by atoms with Gasteiger partial charge in [-0.3, -0.25) is 25.4 Å². The van der Waals surface area contributed by atoms with Crippen LogP contribution in [0.2, 0.25) is 0 Å². The summed E-state index contributed by atoms with van der Waals surface area (Å²) in [6.07, 6.45) is 4.20. The minimum atomic E-state index is -0.943. The van der Waals surface area contributed by atoms with Crippen LogP contribution in [0.4, 0.5) is 0 Å². The predicted octanol–water partition coefficient (Wildman–Crippen LogP) is 0.00350. The standard InChI is InChI=1S/C9H11N5O3S.ClH/c15-8(16)5-18-14-12-6-11-13-9(17)7-1-3-10-4-2-7;/h1-4,6,14H,5H2,(H,11,12)(H,13,17)(H,15,16);1H. The lowest BCUT2D eigenvalue weighted by Crippen LogP contribution is -2.36. The van der Waals surface area contributed by atoms with Gasteiger partial charge in [-0.15, -0.1) is 12.4 Å². The fourth-order valence-corrected chi connectivity index (χ4v) is 1.18. The quantitative estimate of drug-likeness (QED) is 0.184. The number of carbonyl (C=O) groups is 2. The number of carboxylic acid groups (broad SMARTS) is 1. The van der Waals surface area contributed by atoms with Crippen molar-refractivity contribution >= 4 is 42.6 Å². The van der Waals surface area contributed by atoms with Crippen LogP contribution in [0.25, 0.3) is 0 Å². The molecule has 0 bridgehead atoms. The van der Waals surface area contributed by atoms with Crippen molar-refractivity contribution in [2.45, 2.75) is 0 Å². The van der Waals surface area contributed by atoms with Crippen LogP contribution in [0.5, 0.6) is 0 Å². The molecule has 0 radical (unpaired) electrons. The van der Waals surface area contributed by atoms with E-state index in [4.69, 9.17) is 5.11 Å². The molecule has 0 aromatic carbocycles. The number of aromatic nitrogens is 1. The van der Waals surface area contributed by atoms with E-state index in [1.807, 2.05) is 0 Å². The Morgan fingerprint density at radius 1 is 1.42 bits per heavy atom. The number of carboxylic acids is 1. The van der Waals surface area contributed by atoms with Gasteiger partial charge in [0.2, 0.25) is 0 Å². The number of halogens is 1. The second-order valence-electron chi connectivity index (χ2n) is 2.87. The summed E-state index contributed by atoms with van der Waals surface area (Å²) in [5, 5.41) is 11.9. The molecule has 0 aliphatic rings. The molecule has 10 heteroatoms. The molecule has 0 atom stereocenters. The molecule has 1 aromatic heterocycles. The third-order valence-electron chi connectivity index (χ3n) is 1.57. The van der Waals surface area contributed by atoms with Crippen molar-refractivity contribution in [1.82, 2.24) is 20.7 Å². The van der Waals surface area contributed by atoms with E-state index in [-0.39, 0.29) is 24.1 Å². The Bertz CT molecular complexity index is 431. The summed E-state index contributed by atoms with van der Waals surface area (Å²) in [5.41, 5.74) is 5.26. The molecule has 1 amide bonds. The normalized spacial score (nSPS) is 9.47. The number of nitrogens with one attached hydrogen (secondary N) is 3. The Hall–Kier alpha value is -2.00. The van der Waals surface area contributed by atoms with Crippen LogP contribution in [0.1, 0.15) is 10.4 Å². The first kappa shape index (κ1) is 17.0. The molecule has 0 aliphatic heterocycles. The fourth-order valence-electron chi connectivity index (χ4n) is 0.863. The molecule has 0 saturated heterocycles. The van der Waals surface area contributed by atoms with Gasteiger partial charge in [-0.25, -0.2) is 4.83 Å². The van der Waals surface area contributed by atoms with E-state index in [1.54, 1.807) is 12.1 Å². The molecule has 0 unspecified atom stereocenters. The highest BCUT2D eigenvalue weighted by atomic mass is 35.5. The van der Waals surface area contributed by atoms with E-state index in [1.165, 1.54) is 18.7 Å². The lowest BCUT2D eigenvalue weighted by atomic mass is 10.3. The number of rotatable bonds is 7. The number of hydrogen-bond acceptors (Lipinski definition) is 6. The second-order valence-corrected chi connectivity index (χ2v) is 3.63. The Morgan fingerprint density at radius 3 is 2.74 bits per heavy atom. The van der Waals surface area contributed by atoms with Crippen molar-refractivity contribution in [3.8, 4) is 0 Å². The highest BCUT2D eigenvalue weighted by molar-refractivity contribution is 7.98. The van der Waals surface area contributed by atoms with Gasteiger partial charge < -0.3 is 5.11 Å². The minimum absolute atomic E-state index is 0. The second kappa shape index (κ2) is 9.97. The highest BCUT2D eigenvalue weighted by Gasteiger charge is 2.01. The first-order valence-electron chi connectivity index (χ1n) is 4.76. The maximum atomic E-state index is 11.5. The predicted molar refractivity (Wildman–Crippen MR) is 73.8 cm³/mol. The van der Waals surface area contributed by atoms with E-state index in [0.29, 0.717) is 5.56 Å². The molecular formula is C9H12ClN5O3S. The van der Waals surface area contributed by atoms with E-state index < -0.39 is 5.97 Å². The number of pyridine rings is 1. The van der Waals surface area contributed by atoms with Crippen molar-refractivity contribution in [2.24, 2.45) is 5.10 Å². The zero-order valence-electron chi connectivity index (χ0n) is 9.57. The first-order valence-corrected chi connectivity index (χ1v) is 5.74. The number of hydrogen-bond donors (Lipinski definition) is 4. The summed E-state index contributed by atoms with van der Waals surface area (Å²) in [6.45, 7) is 0. The van der Waals surface area contributed by atoms with Crippen LogP contribution in [-0.2, 0) is 4.79 Å². The average Bonchev–Trinajstić information content (AvgIpc) is 2.38. The molecule has 1 heterocycles. The van der Waals surface area contributed by atoms with Crippen LogP contribution in [0, 0.1) is 0 Å². The summed E-state index contributed by atoms with van der Waals surface area (Å²) in [6, 6.07) is 3.13. The van der Waals surface area contributed by atoms with E-state index in [9.17, 15) is 9.59 Å². The van der Waals surface area contributed by atoms with Gasteiger partial charge in [-0.1, -0.05) is 0 Å². The maximum Gasteiger partial charge on any atom is 0.315 e. The molecule has 4 N–H and O–H groups in total. The van der Waals surface area contributed by atoms with Gasteiger partial charge in [-0.05, 0) is 24.1 Å². The van der Waals surface area contributed by atoms with Gasteiger partial charge in [0.25, 0.3) is 5.91 Å². The van der Waals surface area contributed by atoms with Crippen LogP contribution < -0.4 is 15.7 Å². The van der Waals surface area contributed by atoms with Gasteiger partial charge in [0.15, 0.2) is 0 Å². The molecule has 0 spiro atoms. The minimum Gasteiger partial charge on any atom is -0.481 e. The van der Waals surface area contributed by atoms with E-state index in [2.05, 4.69) is 25.8 Å². The number of aliphatic carboxylic acids is 1. The summed E-state index contributed by atoms with van der Waals surface area (Å²) in [5.74, 6) is -1.38. The van der Waals surface area contributed by atoms with Crippen LogP contribution >= 0.6 is 24.4 Å². The topological polar surface area (TPSA) is 116 Å². The first-order chi connectivity index (χ1) is 8.70. The molecular weight excluding hydrogens is 294 g/mol. The molecule has 8 nitrogen and oxygen atoms in total. The number of nitrogens with zero attached hydrogens (tertiary/aromatic N) is 2. The average molecular weight is 306 g/mol. The fraction of sp³-hybridized carbons (Fsp3) is 0.111. The van der Waals surface area contributed by atoms with Crippen molar-refractivity contribution in [2.75, 3.05) is 5.75 Å². The summed E-state index contributed by atoms with van der Waals surface area (Å²) < 4.78 is 0. The van der Waals surface area contributed by atoms with Crippen molar-refractivity contribution in [3.05, 3.63) is 30.1 Å². The zero-order chi connectivity index (χ0) is 13.2. The Kier molecular flexibility index (Phi) is 8.92. The third kappa shape index (κ3) is 7.84. The van der Waals surface area contributed by atoms with Crippen molar-refractivity contribution in [1.29, 1.82) is 0 Å². The van der Waals surface area contributed by atoms with Crippen molar-refractivity contribution in [3.63, 3.8) is 0 Å². The van der Waals surface area contributed by atoms with Gasteiger partial charge in [-0.2, -0.15) is 5.10 Å². The van der Waals surface area contributed by atoms with Crippen LogP contribution in [-0.4, -0.2) is 34.1 Å². The summed E-state index contributed by atoms with van der Waals surface area (Å²) in [4.78, 5) is 27.8. The number of hydrazone groups is 1. The van der Waals surface area contributed by atoms with Crippen LogP contribution in [0.15, 0.2) is 29.6 Å². The smallest absolute Gasteiger partial charge is 0.315 e. The largest absolute Gasteiger partial charge is 0.481 e. The lowest BCUT2D eigenvalue weighted by molar-refractivity contribution is -0.133. The molecule has 0 fully saturated rings. The molecule has 1 rings (SSSR count). The maximum absolute atomic E-state index is 11.5. The van der Waals surface area contributed by atoms with Crippen molar-refractivity contribution < 1.29 is 14.7 Å². The van der Waals surface area contributed by atoms with Gasteiger partial charge in [0.05, 0.1) is 0 Å². The summed E-state index contributed by atoms with van der Waals surface area (Å²) in [7, 11) is 0. The third-order valence-corrected chi connectivity index (χ3v) is 2.20.